The Morgan fingerprint density at radius 2 is 1.77 bits per heavy atom. The number of nitrogens with one attached hydrogen (secondary N) is 2. The van der Waals surface area contributed by atoms with Crippen LogP contribution in [-0.4, -0.2) is 47.6 Å². The molecule has 0 saturated carbocycles. The van der Waals surface area contributed by atoms with Crippen molar-refractivity contribution < 1.29 is 18.0 Å². The molecule has 1 aliphatic rings. The molecule has 0 bridgehead atoms. The van der Waals surface area contributed by atoms with E-state index >= 15 is 0 Å². The van der Waals surface area contributed by atoms with Crippen LogP contribution in [0.25, 0.3) is 0 Å². The predicted molar refractivity (Wildman–Crippen MR) is 136 cm³/mol. The van der Waals surface area contributed by atoms with E-state index in [9.17, 15) is 18.0 Å². The first-order valence-electron chi connectivity index (χ1n) is 10.8. The molecule has 1 saturated heterocycles. The summed E-state index contributed by atoms with van der Waals surface area (Å²) in [5.74, 6) is -0.900. The van der Waals surface area contributed by atoms with Crippen molar-refractivity contribution in [2.24, 2.45) is 0 Å². The second kappa shape index (κ2) is 10.3. The van der Waals surface area contributed by atoms with Gasteiger partial charge in [0.1, 0.15) is 10.6 Å². The van der Waals surface area contributed by atoms with Crippen molar-refractivity contribution in [1.29, 1.82) is 0 Å². The molecule has 13 heteroatoms. The Balaban J connectivity index is 1.34. The van der Waals surface area contributed by atoms with Crippen molar-refractivity contribution in [3.05, 3.63) is 60.4 Å². The van der Waals surface area contributed by atoms with Crippen LogP contribution < -0.4 is 10.9 Å². The minimum absolute atomic E-state index is 0.0482. The van der Waals surface area contributed by atoms with Crippen molar-refractivity contribution >= 4 is 56.1 Å². The van der Waals surface area contributed by atoms with Crippen LogP contribution in [0, 0.1) is 20.8 Å². The first kappa shape index (κ1) is 25.7. The molecule has 3 aromatic rings. The Hall–Kier alpha value is -2.38. The zero-order chi connectivity index (χ0) is 25.3. The highest BCUT2D eigenvalue weighted by molar-refractivity contribution is 7.89. The number of halogens is 1. The number of hydrazine groups is 1. The molecular formula is C22H24ClN5O4S3. The number of hydrogen-bond acceptors (Lipinski definition) is 8. The molecule has 2 N–H and O–H groups in total. The number of amides is 2. The fraction of sp³-hybridized carbons (Fsp3) is 0.364. The van der Waals surface area contributed by atoms with Gasteiger partial charge >= 0.3 is 0 Å². The minimum atomic E-state index is -3.63. The summed E-state index contributed by atoms with van der Waals surface area (Å²) in [5.41, 5.74) is 6.42. The van der Waals surface area contributed by atoms with Crippen molar-refractivity contribution in [3.63, 3.8) is 0 Å². The number of sulfonamides is 1. The van der Waals surface area contributed by atoms with Crippen LogP contribution in [-0.2, 0) is 10.0 Å². The van der Waals surface area contributed by atoms with Crippen LogP contribution in [0.3, 0.4) is 0 Å². The molecule has 0 atom stereocenters. The van der Waals surface area contributed by atoms with Gasteiger partial charge in [-0.2, -0.15) is 4.31 Å². The summed E-state index contributed by atoms with van der Waals surface area (Å²) in [7, 11) is -3.63. The topological polar surface area (TPSA) is 121 Å². The highest BCUT2D eigenvalue weighted by Gasteiger charge is 2.31. The smallest absolute Gasteiger partial charge is 0.266 e. The number of carbonyl (C=O) groups excluding carboxylic acids is 2. The lowest BCUT2D eigenvalue weighted by molar-refractivity contribution is 0.0846. The fourth-order valence-electron chi connectivity index (χ4n) is 3.78. The quantitative estimate of drug-likeness (QED) is 0.463. The summed E-state index contributed by atoms with van der Waals surface area (Å²) in [6, 6.07) is 4.76. The van der Waals surface area contributed by atoms with Crippen LogP contribution >= 0.6 is 34.3 Å². The molecule has 9 nitrogen and oxygen atoms in total. The van der Waals surface area contributed by atoms with Gasteiger partial charge in [0.15, 0.2) is 0 Å². The van der Waals surface area contributed by atoms with E-state index in [1.165, 1.54) is 33.0 Å². The summed E-state index contributed by atoms with van der Waals surface area (Å²) in [5, 5.41) is 3.59. The van der Waals surface area contributed by atoms with Crippen molar-refractivity contribution in [2.75, 3.05) is 13.1 Å². The summed E-state index contributed by atoms with van der Waals surface area (Å²) in [4.78, 5) is 34.0. The highest BCUT2D eigenvalue weighted by Crippen LogP contribution is 2.33. The molecule has 1 fully saturated rings. The molecular weight excluding hydrogens is 530 g/mol. The first-order chi connectivity index (χ1) is 16.6. The Bertz CT molecular complexity index is 1380. The number of aryl methyl sites for hydroxylation is 3. The number of piperidine rings is 1. The highest BCUT2D eigenvalue weighted by atomic mass is 35.5. The Kier molecular flexibility index (Phi) is 7.57. The molecule has 35 heavy (non-hydrogen) atoms. The molecule has 186 valence electrons. The van der Waals surface area contributed by atoms with E-state index in [4.69, 9.17) is 11.6 Å². The summed E-state index contributed by atoms with van der Waals surface area (Å²) in [6.45, 7) is 6.07. The van der Waals surface area contributed by atoms with E-state index in [1.807, 2.05) is 13.8 Å². The van der Waals surface area contributed by atoms with E-state index in [1.54, 1.807) is 24.4 Å². The molecule has 2 amide bonds. The molecule has 2 aromatic heterocycles. The number of nitrogens with zero attached hydrogens (tertiary/aromatic N) is 3. The maximum absolute atomic E-state index is 13.0. The first-order valence-corrected chi connectivity index (χ1v) is 14.3. The van der Waals surface area contributed by atoms with E-state index in [2.05, 4.69) is 20.8 Å². The number of hydrogen-bond donors (Lipinski definition) is 2. The molecule has 1 aromatic carbocycles. The molecule has 0 unspecified atom stereocenters. The zero-order valence-corrected chi connectivity index (χ0v) is 22.5. The number of aromatic nitrogens is 2. The standard InChI is InChI=1S/C22H24ClN5O4S3/c1-12-4-5-16(10-17(12)23)35(31,32)28-8-6-15(7-9-28)22-25-18(11-33-22)20(29)26-27-21(30)19-13(2)24-14(3)34-19/h4-5,10-11,15H,6-9H2,1-3H3,(H,26,29)(H,27,30). The number of benzene rings is 1. The normalized spacial score (nSPS) is 15.2. The zero-order valence-electron chi connectivity index (χ0n) is 19.3. The third-order valence-corrected chi connectivity index (χ3v) is 10.1. The van der Waals surface area contributed by atoms with Gasteiger partial charge in [0.25, 0.3) is 11.8 Å². The van der Waals surface area contributed by atoms with Gasteiger partial charge in [0.2, 0.25) is 10.0 Å². The SMILES string of the molecule is Cc1nc(C)c(C(=O)NNC(=O)c2csc(C3CCN(S(=O)(=O)c4ccc(C)c(Cl)c4)CC3)n2)s1. The minimum Gasteiger partial charge on any atom is -0.266 e. The second-order valence-corrected chi connectivity index (χ2v) is 12.7. The van der Waals surface area contributed by atoms with Gasteiger partial charge in [0, 0.05) is 29.4 Å². The Morgan fingerprint density at radius 3 is 2.40 bits per heavy atom. The van der Waals surface area contributed by atoms with Gasteiger partial charge in [-0.3, -0.25) is 20.4 Å². The molecule has 3 heterocycles. The number of carbonyl (C=O) groups is 2. The number of thiazole rings is 2. The molecule has 0 radical (unpaired) electrons. The van der Waals surface area contributed by atoms with Gasteiger partial charge in [0.05, 0.1) is 20.6 Å². The summed E-state index contributed by atoms with van der Waals surface area (Å²) in [6.07, 6.45) is 1.18. The van der Waals surface area contributed by atoms with Crippen LogP contribution in [0.15, 0.2) is 28.5 Å². The van der Waals surface area contributed by atoms with Crippen LogP contribution in [0.1, 0.15) is 60.2 Å². The number of rotatable bonds is 5. The predicted octanol–water partition coefficient (Wildman–Crippen LogP) is 3.82. The van der Waals surface area contributed by atoms with E-state index in [0.29, 0.717) is 41.5 Å². The van der Waals surface area contributed by atoms with Crippen molar-refractivity contribution in [1.82, 2.24) is 25.1 Å². The summed E-state index contributed by atoms with van der Waals surface area (Å²) < 4.78 is 27.5. The lowest BCUT2D eigenvalue weighted by Gasteiger charge is -2.30. The van der Waals surface area contributed by atoms with Crippen LogP contribution in [0.4, 0.5) is 0 Å². The van der Waals surface area contributed by atoms with Gasteiger partial charge in [-0.1, -0.05) is 17.7 Å². The van der Waals surface area contributed by atoms with Gasteiger partial charge < -0.3 is 0 Å². The maximum atomic E-state index is 13.0. The molecule has 0 aliphatic carbocycles. The van der Waals surface area contributed by atoms with Gasteiger partial charge in [-0.25, -0.2) is 18.4 Å². The molecule has 4 rings (SSSR count). The molecule has 1 aliphatic heterocycles. The molecule has 0 spiro atoms. The van der Waals surface area contributed by atoms with E-state index in [0.717, 1.165) is 15.6 Å². The summed E-state index contributed by atoms with van der Waals surface area (Å²) >= 11 is 8.73. The Labute approximate surface area is 216 Å². The lowest BCUT2D eigenvalue weighted by atomic mass is 9.99. The lowest BCUT2D eigenvalue weighted by Crippen LogP contribution is -2.41. The van der Waals surface area contributed by atoms with Crippen LogP contribution in [0.2, 0.25) is 5.02 Å². The van der Waals surface area contributed by atoms with E-state index in [-0.39, 0.29) is 16.5 Å². The monoisotopic (exact) mass is 553 g/mol. The average Bonchev–Trinajstić information content (AvgIpc) is 3.45. The Morgan fingerprint density at radius 1 is 1.09 bits per heavy atom. The van der Waals surface area contributed by atoms with Gasteiger partial charge in [-0.05, 0) is 51.3 Å². The van der Waals surface area contributed by atoms with Gasteiger partial charge in [-0.15, -0.1) is 22.7 Å². The van der Waals surface area contributed by atoms with Crippen molar-refractivity contribution in [2.45, 2.75) is 44.4 Å². The second-order valence-electron chi connectivity index (χ2n) is 8.22. The largest absolute Gasteiger partial charge is 0.289 e. The fourth-order valence-corrected chi connectivity index (χ4v) is 7.31. The average molecular weight is 554 g/mol. The van der Waals surface area contributed by atoms with Crippen LogP contribution in [0.5, 0.6) is 0 Å². The van der Waals surface area contributed by atoms with E-state index < -0.39 is 21.8 Å². The maximum Gasteiger partial charge on any atom is 0.289 e. The third kappa shape index (κ3) is 5.56. The third-order valence-electron chi connectivity index (χ3n) is 5.74. The van der Waals surface area contributed by atoms with Crippen molar-refractivity contribution in [3.8, 4) is 0 Å².